The number of carbonyl (C=O) groups is 2. The number of aromatic nitrogens is 2. The van der Waals surface area contributed by atoms with Gasteiger partial charge in [0.1, 0.15) is 0 Å². The SMILES string of the molecule is CCC(=O)N(CCCCNC(=O)c1nn(-c2ccc(Cl)cc2Cl)c(-c2ccc(Cl)cc2)c1C)C1CCNC(CCc2ccccc2)C1. The van der Waals surface area contributed by atoms with Crippen LogP contribution in [0.4, 0.5) is 0 Å². The predicted octanol–water partition coefficient (Wildman–Crippen LogP) is 8.31. The highest BCUT2D eigenvalue weighted by Crippen LogP contribution is 2.33. The number of aryl methyl sites for hydroxylation is 1. The molecule has 248 valence electrons. The van der Waals surface area contributed by atoms with Crippen molar-refractivity contribution in [3.63, 3.8) is 0 Å². The molecule has 2 N–H and O–H groups in total. The third-order valence-electron chi connectivity index (χ3n) is 8.86. The van der Waals surface area contributed by atoms with Gasteiger partial charge in [0.25, 0.3) is 5.91 Å². The van der Waals surface area contributed by atoms with Crippen LogP contribution in [0.2, 0.25) is 15.1 Å². The summed E-state index contributed by atoms with van der Waals surface area (Å²) in [4.78, 5) is 28.6. The molecule has 7 nitrogen and oxygen atoms in total. The lowest BCUT2D eigenvalue weighted by atomic mass is 9.93. The van der Waals surface area contributed by atoms with Crippen molar-refractivity contribution < 1.29 is 9.59 Å². The van der Waals surface area contributed by atoms with E-state index in [2.05, 4.69) is 39.8 Å². The van der Waals surface area contributed by atoms with Crippen molar-refractivity contribution in [2.24, 2.45) is 0 Å². The molecule has 47 heavy (non-hydrogen) atoms. The number of amides is 2. The van der Waals surface area contributed by atoms with Crippen LogP contribution in [0.15, 0.2) is 72.8 Å². The minimum absolute atomic E-state index is 0.194. The second-order valence-electron chi connectivity index (χ2n) is 12.1. The van der Waals surface area contributed by atoms with Crippen molar-refractivity contribution in [1.82, 2.24) is 25.3 Å². The zero-order valence-corrected chi connectivity index (χ0v) is 29.2. The molecule has 3 aromatic carbocycles. The fourth-order valence-electron chi connectivity index (χ4n) is 6.36. The van der Waals surface area contributed by atoms with Crippen molar-refractivity contribution in [2.75, 3.05) is 19.6 Å². The number of nitrogens with zero attached hydrogens (tertiary/aromatic N) is 3. The zero-order chi connectivity index (χ0) is 33.3. The van der Waals surface area contributed by atoms with Gasteiger partial charge in [0, 0.05) is 52.8 Å². The Morgan fingerprint density at radius 1 is 1.00 bits per heavy atom. The topological polar surface area (TPSA) is 79.3 Å². The molecule has 0 saturated carbocycles. The number of benzene rings is 3. The molecule has 2 heterocycles. The van der Waals surface area contributed by atoms with Crippen LogP contribution in [0.25, 0.3) is 16.9 Å². The fourth-order valence-corrected chi connectivity index (χ4v) is 6.98. The quantitative estimate of drug-likeness (QED) is 0.138. The molecule has 1 saturated heterocycles. The van der Waals surface area contributed by atoms with Gasteiger partial charge < -0.3 is 15.5 Å². The van der Waals surface area contributed by atoms with Crippen LogP contribution >= 0.6 is 34.8 Å². The van der Waals surface area contributed by atoms with Gasteiger partial charge in [-0.3, -0.25) is 9.59 Å². The average molecular weight is 695 g/mol. The molecule has 1 aliphatic heterocycles. The molecular weight excluding hydrogens is 653 g/mol. The fraction of sp³-hybridized carbons (Fsp3) is 0.378. The van der Waals surface area contributed by atoms with Gasteiger partial charge in [-0.25, -0.2) is 4.68 Å². The molecule has 0 radical (unpaired) electrons. The van der Waals surface area contributed by atoms with Gasteiger partial charge in [-0.1, -0.05) is 84.2 Å². The number of hydrogen-bond donors (Lipinski definition) is 2. The highest BCUT2D eigenvalue weighted by molar-refractivity contribution is 6.35. The molecule has 2 atom stereocenters. The van der Waals surface area contributed by atoms with Gasteiger partial charge >= 0.3 is 0 Å². The summed E-state index contributed by atoms with van der Waals surface area (Å²) in [6.07, 6.45) is 6.04. The predicted molar refractivity (Wildman–Crippen MR) is 192 cm³/mol. The van der Waals surface area contributed by atoms with E-state index >= 15 is 0 Å². The summed E-state index contributed by atoms with van der Waals surface area (Å²) in [5.74, 6) is -0.0675. The molecule has 0 spiro atoms. The number of piperidine rings is 1. The van der Waals surface area contributed by atoms with E-state index in [4.69, 9.17) is 39.9 Å². The number of rotatable bonds is 13. The highest BCUT2D eigenvalue weighted by atomic mass is 35.5. The lowest BCUT2D eigenvalue weighted by Crippen LogP contribution is -2.50. The molecule has 2 amide bonds. The van der Waals surface area contributed by atoms with Crippen LogP contribution in [-0.4, -0.2) is 58.2 Å². The van der Waals surface area contributed by atoms with Crippen LogP contribution in [0.1, 0.15) is 67.1 Å². The molecular formula is C37H42Cl3N5O2. The van der Waals surface area contributed by atoms with E-state index in [-0.39, 0.29) is 17.9 Å². The molecule has 1 aliphatic rings. The Bertz CT molecular complexity index is 1660. The van der Waals surface area contributed by atoms with Gasteiger partial charge in [-0.2, -0.15) is 5.10 Å². The Morgan fingerprint density at radius 2 is 1.74 bits per heavy atom. The summed E-state index contributed by atoms with van der Waals surface area (Å²) < 4.78 is 1.69. The van der Waals surface area contributed by atoms with Crippen LogP contribution < -0.4 is 10.6 Å². The minimum atomic E-state index is -0.261. The van der Waals surface area contributed by atoms with Crippen molar-refractivity contribution in [3.8, 4) is 16.9 Å². The summed E-state index contributed by atoms with van der Waals surface area (Å²) in [5, 5.41) is 13.0. The maximum absolute atomic E-state index is 13.5. The third kappa shape index (κ3) is 8.96. The number of carbonyl (C=O) groups excluding carboxylic acids is 2. The maximum atomic E-state index is 13.5. The molecule has 1 aromatic heterocycles. The van der Waals surface area contributed by atoms with E-state index in [0.29, 0.717) is 52.0 Å². The number of hydrogen-bond acceptors (Lipinski definition) is 4. The number of halogens is 3. The largest absolute Gasteiger partial charge is 0.351 e. The van der Waals surface area contributed by atoms with Crippen LogP contribution in [0, 0.1) is 6.92 Å². The summed E-state index contributed by atoms with van der Waals surface area (Å²) in [5.41, 5.74) is 4.60. The summed E-state index contributed by atoms with van der Waals surface area (Å²) in [7, 11) is 0. The molecule has 0 aliphatic carbocycles. The van der Waals surface area contributed by atoms with Crippen LogP contribution in [0.3, 0.4) is 0 Å². The summed E-state index contributed by atoms with van der Waals surface area (Å²) >= 11 is 18.9. The van der Waals surface area contributed by atoms with E-state index < -0.39 is 0 Å². The third-order valence-corrected chi connectivity index (χ3v) is 9.65. The Labute approximate surface area is 292 Å². The van der Waals surface area contributed by atoms with Crippen LogP contribution in [0.5, 0.6) is 0 Å². The first-order valence-electron chi connectivity index (χ1n) is 16.4. The van der Waals surface area contributed by atoms with E-state index in [9.17, 15) is 9.59 Å². The first-order chi connectivity index (χ1) is 22.7. The van der Waals surface area contributed by atoms with E-state index in [1.54, 1.807) is 35.0 Å². The molecule has 4 aromatic rings. The number of nitrogens with one attached hydrogen (secondary N) is 2. The first-order valence-corrected chi connectivity index (χ1v) is 17.5. The smallest absolute Gasteiger partial charge is 0.272 e. The van der Waals surface area contributed by atoms with E-state index in [0.717, 1.165) is 61.9 Å². The second-order valence-corrected chi connectivity index (χ2v) is 13.4. The van der Waals surface area contributed by atoms with Gasteiger partial charge in [0.05, 0.1) is 16.4 Å². The van der Waals surface area contributed by atoms with E-state index in [1.807, 2.05) is 32.0 Å². The summed E-state index contributed by atoms with van der Waals surface area (Å²) in [6, 6.07) is 23.8. The Kier molecular flexibility index (Phi) is 12.4. The minimum Gasteiger partial charge on any atom is -0.351 e. The van der Waals surface area contributed by atoms with Crippen molar-refractivity contribution in [1.29, 1.82) is 0 Å². The van der Waals surface area contributed by atoms with Gasteiger partial charge in [0.2, 0.25) is 5.91 Å². The molecule has 1 fully saturated rings. The Morgan fingerprint density at radius 3 is 2.47 bits per heavy atom. The second kappa shape index (κ2) is 16.6. The first kappa shape index (κ1) is 35.0. The van der Waals surface area contributed by atoms with Gasteiger partial charge in [-0.05, 0) is 87.9 Å². The van der Waals surface area contributed by atoms with Crippen molar-refractivity contribution >= 4 is 46.6 Å². The Balaban J connectivity index is 1.20. The van der Waals surface area contributed by atoms with Crippen LogP contribution in [-0.2, 0) is 11.2 Å². The van der Waals surface area contributed by atoms with Gasteiger partial charge in [-0.15, -0.1) is 0 Å². The lowest BCUT2D eigenvalue weighted by molar-refractivity contribution is -0.134. The van der Waals surface area contributed by atoms with Crippen molar-refractivity contribution in [3.05, 3.63) is 105 Å². The molecule has 5 rings (SSSR count). The summed E-state index contributed by atoms with van der Waals surface area (Å²) in [6.45, 7) is 5.89. The standard InChI is InChI=1S/C37H42Cl3N5O2/c1-3-34(46)44(31-19-21-41-30(24-31)17-11-26-9-5-4-6-10-26)22-8-7-20-42-37(47)35-25(2)36(27-12-14-28(38)15-13-27)45(43-35)33-18-16-29(39)23-32(33)40/h4-6,9-10,12-16,18,23,30-31,41H,3,7-8,11,17,19-22,24H2,1-2H3,(H,42,47). The zero-order valence-electron chi connectivity index (χ0n) is 26.9. The molecule has 2 unspecified atom stereocenters. The monoisotopic (exact) mass is 693 g/mol. The average Bonchev–Trinajstić information content (AvgIpc) is 3.42. The lowest BCUT2D eigenvalue weighted by Gasteiger charge is -2.38. The normalized spacial score (nSPS) is 16.2. The Hall–Kier alpha value is -3.36. The van der Waals surface area contributed by atoms with Gasteiger partial charge in [0.15, 0.2) is 5.69 Å². The number of unbranched alkanes of at least 4 members (excludes halogenated alkanes) is 1. The molecule has 0 bridgehead atoms. The van der Waals surface area contributed by atoms with E-state index in [1.165, 1.54) is 5.56 Å². The molecule has 10 heteroatoms. The van der Waals surface area contributed by atoms with Crippen molar-refractivity contribution in [2.45, 2.75) is 70.9 Å². The maximum Gasteiger partial charge on any atom is 0.272 e. The highest BCUT2D eigenvalue weighted by Gasteiger charge is 2.29.